The minimum absolute atomic E-state index is 0.344. The van der Waals surface area contributed by atoms with Crippen molar-refractivity contribution in [3.05, 3.63) is 46.9 Å². The molecule has 0 amide bonds. The fraction of sp³-hybridized carbons (Fsp3) is 0.333. The van der Waals surface area contributed by atoms with Crippen molar-refractivity contribution in [2.75, 3.05) is 23.7 Å². The first-order chi connectivity index (χ1) is 11.6. The zero-order chi connectivity index (χ0) is 16.7. The summed E-state index contributed by atoms with van der Waals surface area (Å²) in [5.74, 6) is 1.64. The maximum absolute atomic E-state index is 6.27. The second-order valence-electron chi connectivity index (χ2n) is 6.37. The quantitative estimate of drug-likeness (QED) is 0.742. The van der Waals surface area contributed by atoms with Crippen molar-refractivity contribution in [3.8, 4) is 0 Å². The van der Waals surface area contributed by atoms with E-state index in [4.69, 9.17) is 17.3 Å². The largest absolute Gasteiger partial charge is 0.382 e. The lowest BCUT2D eigenvalue weighted by Crippen LogP contribution is -2.34. The average Bonchev–Trinajstić information content (AvgIpc) is 2.93. The number of benzene rings is 1. The van der Waals surface area contributed by atoms with Crippen molar-refractivity contribution >= 4 is 34.1 Å². The highest BCUT2D eigenvalue weighted by Crippen LogP contribution is 2.37. The molecule has 4 rings (SSSR count). The fourth-order valence-electron chi connectivity index (χ4n) is 3.80. The van der Waals surface area contributed by atoms with Crippen LogP contribution in [-0.2, 0) is 0 Å². The Kier molecular flexibility index (Phi) is 3.81. The van der Waals surface area contributed by atoms with Crippen LogP contribution in [0.25, 0.3) is 10.9 Å². The van der Waals surface area contributed by atoms with Gasteiger partial charge in [-0.2, -0.15) is 0 Å². The van der Waals surface area contributed by atoms with E-state index in [2.05, 4.69) is 51.0 Å². The van der Waals surface area contributed by atoms with Gasteiger partial charge in [-0.15, -0.1) is 0 Å². The van der Waals surface area contributed by atoms with E-state index in [0.29, 0.717) is 16.8 Å². The number of halogens is 1. The minimum atomic E-state index is 0.344. The monoisotopic (exact) mass is 341 g/mol. The summed E-state index contributed by atoms with van der Waals surface area (Å²) in [7, 11) is 0. The standard InChI is InChI=1S/C18H20ClN5/c1-11-15(13-4-2-3-5-14(13)23-11)12-6-8-24(9-7-12)18-16(19)17(20)21-10-22-18/h2-5,10,12,23H,6-9H2,1H3,(H2,20,21,22). The van der Waals surface area contributed by atoms with Crippen LogP contribution in [0.5, 0.6) is 0 Å². The van der Waals surface area contributed by atoms with Gasteiger partial charge in [0, 0.05) is 29.7 Å². The molecule has 1 saturated heterocycles. The molecule has 0 bridgehead atoms. The van der Waals surface area contributed by atoms with Gasteiger partial charge in [-0.1, -0.05) is 29.8 Å². The Hall–Kier alpha value is -2.27. The number of para-hydroxylation sites is 1. The highest BCUT2D eigenvalue weighted by Gasteiger charge is 2.26. The molecule has 3 heterocycles. The molecule has 0 aliphatic carbocycles. The lowest BCUT2D eigenvalue weighted by Gasteiger charge is -2.33. The number of nitrogen functional groups attached to an aromatic ring is 1. The molecule has 0 spiro atoms. The van der Waals surface area contributed by atoms with Crippen molar-refractivity contribution in [2.24, 2.45) is 0 Å². The predicted octanol–water partition coefficient (Wildman–Crippen LogP) is 3.89. The molecule has 3 aromatic rings. The third kappa shape index (κ3) is 2.49. The van der Waals surface area contributed by atoms with Gasteiger partial charge < -0.3 is 15.6 Å². The number of hydrogen-bond donors (Lipinski definition) is 2. The number of nitrogens with one attached hydrogen (secondary N) is 1. The summed E-state index contributed by atoms with van der Waals surface area (Å²) in [6, 6.07) is 8.54. The second-order valence-corrected chi connectivity index (χ2v) is 6.75. The Morgan fingerprint density at radius 3 is 2.75 bits per heavy atom. The number of nitrogens with two attached hydrogens (primary N) is 1. The summed E-state index contributed by atoms with van der Waals surface area (Å²) in [6.07, 6.45) is 3.62. The number of rotatable bonds is 2. The summed E-state index contributed by atoms with van der Waals surface area (Å²) in [6.45, 7) is 4.00. The predicted molar refractivity (Wildman–Crippen MR) is 98.7 cm³/mol. The van der Waals surface area contributed by atoms with Crippen molar-refractivity contribution in [1.29, 1.82) is 0 Å². The molecule has 0 atom stereocenters. The molecule has 0 radical (unpaired) electrons. The number of fused-ring (bicyclic) bond motifs is 1. The van der Waals surface area contributed by atoms with Crippen LogP contribution >= 0.6 is 11.6 Å². The Bertz CT molecular complexity index is 880. The third-order valence-electron chi connectivity index (χ3n) is 4.94. The molecular weight excluding hydrogens is 322 g/mol. The fourth-order valence-corrected chi connectivity index (χ4v) is 4.02. The molecule has 1 aliphatic rings. The Morgan fingerprint density at radius 1 is 1.21 bits per heavy atom. The Balaban J connectivity index is 1.58. The Labute approximate surface area is 145 Å². The number of H-pyrrole nitrogens is 1. The van der Waals surface area contributed by atoms with Gasteiger partial charge in [-0.25, -0.2) is 9.97 Å². The molecule has 124 valence electrons. The van der Waals surface area contributed by atoms with E-state index in [9.17, 15) is 0 Å². The molecule has 0 unspecified atom stereocenters. The molecule has 24 heavy (non-hydrogen) atoms. The van der Waals surface area contributed by atoms with E-state index in [1.807, 2.05) is 0 Å². The molecule has 3 N–H and O–H groups in total. The summed E-state index contributed by atoms with van der Waals surface area (Å²) >= 11 is 6.27. The third-order valence-corrected chi connectivity index (χ3v) is 5.31. The van der Waals surface area contributed by atoms with Gasteiger partial charge >= 0.3 is 0 Å². The zero-order valence-electron chi connectivity index (χ0n) is 13.6. The van der Waals surface area contributed by atoms with Gasteiger partial charge in [0.2, 0.25) is 0 Å². The first-order valence-electron chi connectivity index (χ1n) is 8.23. The van der Waals surface area contributed by atoms with Crippen LogP contribution in [0, 0.1) is 6.92 Å². The Morgan fingerprint density at radius 2 is 1.96 bits per heavy atom. The first-order valence-corrected chi connectivity index (χ1v) is 8.61. The summed E-state index contributed by atoms with van der Waals surface area (Å²) in [5, 5.41) is 1.80. The van der Waals surface area contributed by atoms with Crippen LogP contribution in [-0.4, -0.2) is 28.0 Å². The van der Waals surface area contributed by atoms with Crippen LogP contribution < -0.4 is 10.6 Å². The van der Waals surface area contributed by atoms with E-state index >= 15 is 0 Å². The van der Waals surface area contributed by atoms with Gasteiger partial charge in [-0.3, -0.25) is 0 Å². The normalized spacial score (nSPS) is 16.0. The molecule has 6 heteroatoms. The van der Waals surface area contributed by atoms with E-state index in [1.165, 1.54) is 28.5 Å². The van der Waals surface area contributed by atoms with Gasteiger partial charge in [0.25, 0.3) is 0 Å². The molecular formula is C18H20ClN5. The smallest absolute Gasteiger partial charge is 0.153 e. The van der Waals surface area contributed by atoms with Crippen LogP contribution in [0.15, 0.2) is 30.6 Å². The van der Waals surface area contributed by atoms with E-state index in [1.54, 1.807) is 0 Å². The summed E-state index contributed by atoms with van der Waals surface area (Å²) < 4.78 is 0. The maximum Gasteiger partial charge on any atom is 0.153 e. The van der Waals surface area contributed by atoms with Crippen LogP contribution in [0.1, 0.15) is 30.0 Å². The van der Waals surface area contributed by atoms with E-state index in [-0.39, 0.29) is 0 Å². The molecule has 2 aromatic heterocycles. The number of aromatic nitrogens is 3. The van der Waals surface area contributed by atoms with Crippen LogP contribution in [0.2, 0.25) is 5.02 Å². The van der Waals surface area contributed by atoms with Gasteiger partial charge in [0.15, 0.2) is 5.82 Å². The van der Waals surface area contributed by atoms with Crippen molar-refractivity contribution < 1.29 is 0 Å². The number of piperidine rings is 1. The summed E-state index contributed by atoms with van der Waals surface area (Å²) in [5.41, 5.74) is 9.76. The number of hydrogen-bond acceptors (Lipinski definition) is 4. The molecule has 1 aliphatic heterocycles. The molecule has 5 nitrogen and oxygen atoms in total. The lowest BCUT2D eigenvalue weighted by atomic mass is 9.87. The van der Waals surface area contributed by atoms with Crippen LogP contribution in [0.3, 0.4) is 0 Å². The van der Waals surface area contributed by atoms with E-state index in [0.717, 1.165) is 31.7 Å². The summed E-state index contributed by atoms with van der Waals surface area (Å²) in [4.78, 5) is 14.0. The SMILES string of the molecule is Cc1[nH]c2ccccc2c1C1CCN(c2ncnc(N)c2Cl)CC1. The minimum Gasteiger partial charge on any atom is -0.382 e. The van der Waals surface area contributed by atoms with Gasteiger partial charge in [-0.05, 0) is 37.3 Å². The van der Waals surface area contributed by atoms with E-state index < -0.39 is 0 Å². The number of aryl methyl sites for hydroxylation is 1. The molecule has 1 aromatic carbocycles. The second kappa shape index (κ2) is 5.98. The first kappa shape index (κ1) is 15.3. The molecule has 1 fully saturated rings. The highest BCUT2D eigenvalue weighted by atomic mass is 35.5. The maximum atomic E-state index is 6.27. The van der Waals surface area contributed by atoms with Crippen molar-refractivity contribution in [2.45, 2.75) is 25.7 Å². The van der Waals surface area contributed by atoms with Crippen molar-refractivity contribution in [1.82, 2.24) is 15.0 Å². The number of aromatic amines is 1. The zero-order valence-corrected chi connectivity index (χ0v) is 14.3. The number of nitrogens with zero attached hydrogens (tertiary/aromatic N) is 3. The topological polar surface area (TPSA) is 70.8 Å². The van der Waals surface area contributed by atoms with Crippen molar-refractivity contribution in [3.63, 3.8) is 0 Å². The van der Waals surface area contributed by atoms with Gasteiger partial charge in [0.05, 0.1) is 0 Å². The molecule has 0 saturated carbocycles. The lowest BCUT2D eigenvalue weighted by molar-refractivity contribution is 0.503. The number of anilines is 2. The van der Waals surface area contributed by atoms with Crippen LogP contribution in [0.4, 0.5) is 11.6 Å². The highest BCUT2D eigenvalue weighted by molar-refractivity contribution is 6.35. The van der Waals surface area contributed by atoms with Gasteiger partial charge in [0.1, 0.15) is 17.2 Å². The average molecular weight is 342 g/mol.